The summed E-state index contributed by atoms with van der Waals surface area (Å²) in [5, 5.41) is 10.9. The van der Waals surface area contributed by atoms with Crippen molar-refractivity contribution in [1.82, 2.24) is 4.90 Å². The van der Waals surface area contributed by atoms with Crippen LogP contribution in [0.4, 0.5) is 14.5 Å². The molecule has 2 N–H and O–H groups in total. The quantitative estimate of drug-likeness (QED) is 0.562. The molecule has 0 fully saturated rings. The third-order valence-corrected chi connectivity index (χ3v) is 2.72. The number of benzene rings is 1. The largest absolute Gasteiger partial charge is 0.435 e. The molecule has 0 heterocycles. The Labute approximate surface area is 132 Å². The van der Waals surface area contributed by atoms with Gasteiger partial charge in [-0.3, -0.25) is 0 Å². The second kappa shape index (κ2) is 11.0. The molecule has 0 bridgehead atoms. The number of alkyl halides is 2. The summed E-state index contributed by atoms with van der Waals surface area (Å²) in [6.07, 6.45) is 0.957. The molecule has 6 heteroatoms. The van der Waals surface area contributed by atoms with Crippen molar-refractivity contribution in [1.29, 1.82) is 5.41 Å². The van der Waals surface area contributed by atoms with Gasteiger partial charge in [0.2, 0.25) is 0 Å². The van der Waals surface area contributed by atoms with Gasteiger partial charge in [0.1, 0.15) is 5.75 Å². The standard InChI is InChI=1S/C14H21F2N3O.C2H6/c1-10(17)12-9-11(20-14(15)16)5-6-13(12)18-7-4-8-19(2)3;1-2/h5-6,9,14,17-18H,4,7-8H2,1-3H3;1-2H3. The van der Waals surface area contributed by atoms with Crippen molar-refractivity contribution in [3.63, 3.8) is 0 Å². The van der Waals surface area contributed by atoms with Gasteiger partial charge in [-0.1, -0.05) is 13.8 Å². The van der Waals surface area contributed by atoms with Crippen LogP contribution in [-0.2, 0) is 0 Å². The van der Waals surface area contributed by atoms with Gasteiger partial charge in [-0.05, 0) is 52.2 Å². The Morgan fingerprint density at radius 3 is 2.45 bits per heavy atom. The molecule has 0 aromatic heterocycles. The molecule has 0 spiro atoms. The summed E-state index contributed by atoms with van der Waals surface area (Å²) < 4.78 is 28.7. The predicted octanol–water partition coefficient (Wildman–Crippen LogP) is 4.07. The first-order valence-corrected chi connectivity index (χ1v) is 7.43. The van der Waals surface area contributed by atoms with Crippen LogP contribution in [0.1, 0.15) is 32.8 Å². The van der Waals surface area contributed by atoms with Crippen LogP contribution in [-0.4, -0.2) is 44.4 Å². The molecule has 126 valence electrons. The van der Waals surface area contributed by atoms with Gasteiger partial charge in [-0.15, -0.1) is 0 Å². The number of hydrogen-bond acceptors (Lipinski definition) is 4. The third kappa shape index (κ3) is 7.93. The maximum absolute atomic E-state index is 12.2. The summed E-state index contributed by atoms with van der Waals surface area (Å²) in [5.41, 5.74) is 1.64. The van der Waals surface area contributed by atoms with Gasteiger partial charge in [0.15, 0.2) is 0 Å². The molecule has 22 heavy (non-hydrogen) atoms. The summed E-state index contributed by atoms with van der Waals surface area (Å²) in [6.45, 7) is 4.48. The van der Waals surface area contributed by atoms with Crippen molar-refractivity contribution >= 4 is 11.4 Å². The van der Waals surface area contributed by atoms with Gasteiger partial charge in [0.05, 0.1) is 0 Å². The number of rotatable bonds is 8. The zero-order valence-electron chi connectivity index (χ0n) is 14.0. The number of ether oxygens (including phenoxy) is 1. The average molecular weight is 315 g/mol. The van der Waals surface area contributed by atoms with E-state index >= 15 is 0 Å². The Kier molecular flexibility index (Phi) is 10.1. The van der Waals surface area contributed by atoms with Gasteiger partial charge >= 0.3 is 6.61 Å². The Bertz CT molecular complexity index is 451. The molecular weight excluding hydrogens is 288 g/mol. The fourth-order valence-corrected chi connectivity index (χ4v) is 1.78. The van der Waals surface area contributed by atoms with E-state index in [9.17, 15) is 8.78 Å². The fourth-order valence-electron chi connectivity index (χ4n) is 1.78. The van der Waals surface area contributed by atoms with E-state index in [2.05, 4.69) is 15.0 Å². The minimum absolute atomic E-state index is 0.0699. The Balaban J connectivity index is 0.00000211. The van der Waals surface area contributed by atoms with Crippen molar-refractivity contribution in [3.05, 3.63) is 23.8 Å². The van der Waals surface area contributed by atoms with Crippen molar-refractivity contribution in [2.24, 2.45) is 0 Å². The summed E-state index contributed by atoms with van der Waals surface area (Å²) in [7, 11) is 4.01. The topological polar surface area (TPSA) is 48.4 Å². The lowest BCUT2D eigenvalue weighted by molar-refractivity contribution is -0.0498. The zero-order valence-corrected chi connectivity index (χ0v) is 14.0. The normalized spacial score (nSPS) is 10.2. The first-order valence-electron chi connectivity index (χ1n) is 7.43. The van der Waals surface area contributed by atoms with Crippen LogP contribution in [0.15, 0.2) is 18.2 Å². The molecule has 0 aliphatic carbocycles. The van der Waals surface area contributed by atoms with Gasteiger partial charge < -0.3 is 20.4 Å². The van der Waals surface area contributed by atoms with E-state index in [1.54, 1.807) is 13.0 Å². The van der Waals surface area contributed by atoms with E-state index in [4.69, 9.17) is 5.41 Å². The lowest BCUT2D eigenvalue weighted by Crippen LogP contribution is -2.17. The molecular formula is C16H27F2N3O. The summed E-state index contributed by atoms with van der Waals surface area (Å²) in [4.78, 5) is 2.09. The highest BCUT2D eigenvalue weighted by Gasteiger charge is 2.09. The molecule has 0 amide bonds. The monoisotopic (exact) mass is 315 g/mol. The molecule has 1 rings (SSSR count). The Morgan fingerprint density at radius 1 is 1.32 bits per heavy atom. The number of hydrogen-bond donors (Lipinski definition) is 2. The Morgan fingerprint density at radius 2 is 1.95 bits per heavy atom. The van der Waals surface area contributed by atoms with Crippen LogP contribution in [0.3, 0.4) is 0 Å². The van der Waals surface area contributed by atoms with Gasteiger partial charge in [-0.2, -0.15) is 8.78 Å². The van der Waals surface area contributed by atoms with Crippen LogP contribution >= 0.6 is 0 Å². The maximum Gasteiger partial charge on any atom is 0.387 e. The SMILES string of the molecule is CC.CC(=N)c1cc(OC(F)F)ccc1NCCCN(C)C. The lowest BCUT2D eigenvalue weighted by atomic mass is 10.1. The molecule has 4 nitrogen and oxygen atoms in total. The summed E-state index contributed by atoms with van der Waals surface area (Å²) in [5.74, 6) is 0.0699. The van der Waals surface area contributed by atoms with E-state index in [0.29, 0.717) is 11.3 Å². The summed E-state index contributed by atoms with van der Waals surface area (Å²) >= 11 is 0. The van der Waals surface area contributed by atoms with E-state index in [0.717, 1.165) is 25.2 Å². The van der Waals surface area contributed by atoms with Gasteiger partial charge in [0, 0.05) is 23.5 Å². The number of halogens is 2. The van der Waals surface area contributed by atoms with Crippen LogP contribution in [0.5, 0.6) is 5.75 Å². The molecule has 0 saturated heterocycles. The van der Waals surface area contributed by atoms with Crippen LogP contribution in [0.25, 0.3) is 0 Å². The molecule has 0 saturated carbocycles. The van der Waals surface area contributed by atoms with Crippen molar-refractivity contribution in [2.75, 3.05) is 32.5 Å². The zero-order chi connectivity index (χ0) is 17.1. The number of nitrogens with zero attached hydrogens (tertiary/aromatic N) is 1. The van der Waals surface area contributed by atoms with Crippen molar-refractivity contribution in [2.45, 2.75) is 33.8 Å². The number of anilines is 1. The third-order valence-electron chi connectivity index (χ3n) is 2.72. The smallest absolute Gasteiger partial charge is 0.387 e. The predicted molar refractivity (Wildman–Crippen MR) is 88.6 cm³/mol. The minimum atomic E-state index is -2.85. The van der Waals surface area contributed by atoms with E-state index < -0.39 is 6.61 Å². The molecule has 0 radical (unpaired) electrons. The molecule has 1 aromatic carbocycles. The van der Waals surface area contributed by atoms with Crippen LogP contribution in [0.2, 0.25) is 0 Å². The second-order valence-corrected chi connectivity index (χ2v) is 4.79. The molecule has 0 atom stereocenters. The molecule has 0 aliphatic rings. The van der Waals surface area contributed by atoms with E-state index in [-0.39, 0.29) is 5.75 Å². The average Bonchev–Trinajstić information content (AvgIpc) is 2.45. The number of nitrogens with one attached hydrogen (secondary N) is 2. The van der Waals surface area contributed by atoms with Crippen LogP contribution < -0.4 is 10.1 Å². The maximum atomic E-state index is 12.2. The lowest BCUT2D eigenvalue weighted by Gasteiger charge is -2.14. The first kappa shape index (κ1) is 20.3. The van der Waals surface area contributed by atoms with E-state index in [1.807, 2.05) is 27.9 Å². The highest BCUT2D eigenvalue weighted by molar-refractivity contribution is 6.01. The first-order chi connectivity index (χ1) is 10.4. The summed E-state index contributed by atoms with van der Waals surface area (Å²) in [6, 6.07) is 4.61. The van der Waals surface area contributed by atoms with Gasteiger partial charge in [0.25, 0.3) is 0 Å². The molecule has 0 unspecified atom stereocenters. The highest BCUT2D eigenvalue weighted by Crippen LogP contribution is 2.24. The molecule has 0 aliphatic heterocycles. The van der Waals surface area contributed by atoms with E-state index in [1.165, 1.54) is 12.1 Å². The van der Waals surface area contributed by atoms with Crippen molar-refractivity contribution < 1.29 is 13.5 Å². The fraction of sp³-hybridized carbons (Fsp3) is 0.562. The minimum Gasteiger partial charge on any atom is -0.435 e. The van der Waals surface area contributed by atoms with Crippen LogP contribution in [0, 0.1) is 5.41 Å². The van der Waals surface area contributed by atoms with Crippen molar-refractivity contribution in [3.8, 4) is 5.75 Å². The second-order valence-electron chi connectivity index (χ2n) is 4.79. The van der Waals surface area contributed by atoms with Gasteiger partial charge in [-0.25, -0.2) is 0 Å². The molecule has 1 aromatic rings. The highest BCUT2D eigenvalue weighted by atomic mass is 19.3. The Hall–Kier alpha value is -1.69.